The number of rotatable bonds is 8. The number of anilines is 6. The fraction of sp³-hybridized carbons (Fsp3) is 0.222. The molecule has 1 aromatic heterocycles. The molecule has 0 bridgehead atoms. The molecule has 3 aromatic carbocycles. The Kier molecular flexibility index (Phi) is 7.01. The van der Waals surface area contributed by atoms with Crippen molar-refractivity contribution in [2.24, 2.45) is 0 Å². The van der Waals surface area contributed by atoms with E-state index in [1.54, 1.807) is 14.2 Å². The summed E-state index contributed by atoms with van der Waals surface area (Å²) in [5.74, 6) is 2.46. The first kappa shape index (κ1) is 23.8. The Morgan fingerprint density at radius 1 is 0.486 bits per heavy atom. The van der Waals surface area contributed by atoms with Gasteiger partial charge in [-0.3, -0.25) is 0 Å². The van der Waals surface area contributed by atoms with Crippen LogP contribution in [0.25, 0.3) is 0 Å². The van der Waals surface area contributed by atoms with Gasteiger partial charge in [0.05, 0.1) is 14.2 Å². The van der Waals surface area contributed by atoms with E-state index in [2.05, 4.69) is 82.9 Å². The third-order valence-corrected chi connectivity index (χ3v) is 5.80. The zero-order valence-corrected chi connectivity index (χ0v) is 20.9. The molecule has 0 saturated heterocycles. The number of benzene rings is 3. The van der Waals surface area contributed by atoms with Crippen LogP contribution >= 0.6 is 0 Å². The third-order valence-electron chi connectivity index (χ3n) is 5.80. The number of ether oxygens (including phenoxy) is 2. The smallest absolute Gasteiger partial charge is 0.233 e. The average molecular weight is 471 g/mol. The summed E-state index contributed by atoms with van der Waals surface area (Å²) in [7, 11) is 3.20. The van der Waals surface area contributed by atoms with Gasteiger partial charge in [-0.05, 0) is 86.3 Å². The van der Waals surface area contributed by atoms with E-state index in [4.69, 9.17) is 9.47 Å². The molecule has 0 atom stereocenters. The summed E-state index contributed by atoms with van der Waals surface area (Å²) in [6.45, 7) is 8.31. The molecule has 0 aliphatic carbocycles. The van der Waals surface area contributed by atoms with E-state index in [1.807, 2.05) is 30.3 Å². The number of aromatic nitrogens is 3. The first-order chi connectivity index (χ1) is 16.8. The highest BCUT2D eigenvalue weighted by Gasteiger charge is 2.11. The van der Waals surface area contributed by atoms with Gasteiger partial charge < -0.3 is 25.4 Å². The van der Waals surface area contributed by atoms with Crippen molar-refractivity contribution >= 4 is 34.9 Å². The summed E-state index contributed by atoms with van der Waals surface area (Å²) in [5, 5.41) is 9.84. The van der Waals surface area contributed by atoms with Crippen LogP contribution < -0.4 is 25.4 Å². The van der Waals surface area contributed by atoms with Crippen molar-refractivity contribution in [2.45, 2.75) is 27.7 Å². The predicted molar refractivity (Wildman–Crippen MR) is 141 cm³/mol. The molecule has 35 heavy (non-hydrogen) atoms. The van der Waals surface area contributed by atoms with Crippen LogP contribution in [0.2, 0.25) is 0 Å². The monoisotopic (exact) mass is 470 g/mol. The van der Waals surface area contributed by atoms with Crippen LogP contribution in [0.5, 0.6) is 11.5 Å². The van der Waals surface area contributed by atoms with Crippen LogP contribution in [0, 0.1) is 27.7 Å². The van der Waals surface area contributed by atoms with Crippen molar-refractivity contribution < 1.29 is 9.47 Å². The van der Waals surface area contributed by atoms with E-state index in [0.717, 1.165) is 17.1 Å². The second-order valence-electron chi connectivity index (χ2n) is 8.35. The predicted octanol–water partition coefficient (Wildman–Crippen LogP) is 6.35. The molecule has 3 N–H and O–H groups in total. The average Bonchev–Trinajstić information content (AvgIpc) is 2.83. The molecule has 8 heteroatoms. The Hall–Kier alpha value is -4.33. The van der Waals surface area contributed by atoms with Gasteiger partial charge in [0.1, 0.15) is 0 Å². The maximum absolute atomic E-state index is 5.42. The molecule has 0 fully saturated rings. The highest BCUT2D eigenvalue weighted by atomic mass is 16.5. The molecule has 0 spiro atoms. The molecular weight excluding hydrogens is 440 g/mol. The summed E-state index contributed by atoms with van der Waals surface area (Å²) in [5.41, 5.74) is 7.35. The van der Waals surface area contributed by atoms with Gasteiger partial charge in [0.25, 0.3) is 0 Å². The van der Waals surface area contributed by atoms with Gasteiger partial charge in [0.2, 0.25) is 17.8 Å². The standard InChI is InChI=1S/C27H30N6O2/c1-16-7-9-20(13-18(16)3)28-25-31-26(29-21-10-8-17(2)19(4)14-21)33-27(32-25)30-22-11-12-23(34-5)24(15-22)35-6/h7-15H,1-6H3,(H3,28,29,30,31,32,33). The Morgan fingerprint density at radius 2 is 0.886 bits per heavy atom. The molecular formula is C27H30N6O2. The number of aryl methyl sites for hydroxylation is 4. The Balaban J connectivity index is 1.68. The van der Waals surface area contributed by atoms with Gasteiger partial charge in [-0.1, -0.05) is 12.1 Å². The van der Waals surface area contributed by atoms with Gasteiger partial charge in [-0.15, -0.1) is 0 Å². The van der Waals surface area contributed by atoms with Crippen molar-refractivity contribution in [2.75, 3.05) is 30.2 Å². The minimum Gasteiger partial charge on any atom is -0.493 e. The zero-order chi connectivity index (χ0) is 24.9. The first-order valence-corrected chi connectivity index (χ1v) is 11.3. The van der Waals surface area contributed by atoms with Crippen molar-refractivity contribution in [1.82, 2.24) is 15.0 Å². The number of methoxy groups -OCH3 is 2. The van der Waals surface area contributed by atoms with Crippen LogP contribution in [-0.2, 0) is 0 Å². The number of nitrogens with zero attached hydrogens (tertiary/aromatic N) is 3. The molecule has 4 aromatic rings. The molecule has 0 aliphatic rings. The SMILES string of the molecule is COc1ccc(Nc2nc(Nc3ccc(C)c(C)c3)nc(Nc3ccc(C)c(C)c3)n2)cc1OC. The quantitative estimate of drug-likeness (QED) is 0.274. The molecule has 4 rings (SSSR count). The Morgan fingerprint density at radius 3 is 1.29 bits per heavy atom. The van der Waals surface area contributed by atoms with Gasteiger partial charge in [0.15, 0.2) is 11.5 Å². The molecule has 0 amide bonds. The van der Waals surface area contributed by atoms with E-state index in [1.165, 1.54) is 22.3 Å². The fourth-order valence-electron chi connectivity index (χ4n) is 3.48. The lowest BCUT2D eigenvalue weighted by molar-refractivity contribution is 0.355. The van der Waals surface area contributed by atoms with Crippen LogP contribution in [0.3, 0.4) is 0 Å². The molecule has 0 saturated carbocycles. The van der Waals surface area contributed by atoms with E-state index in [0.29, 0.717) is 29.3 Å². The first-order valence-electron chi connectivity index (χ1n) is 11.3. The lowest BCUT2D eigenvalue weighted by Crippen LogP contribution is -2.07. The summed E-state index contributed by atoms with van der Waals surface area (Å²) in [6.07, 6.45) is 0. The van der Waals surface area contributed by atoms with Crippen LogP contribution in [0.4, 0.5) is 34.9 Å². The van der Waals surface area contributed by atoms with Gasteiger partial charge in [-0.25, -0.2) is 0 Å². The lowest BCUT2D eigenvalue weighted by atomic mass is 10.1. The molecule has 0 radical (unpaired) electrons. The van der Waals surface area contributed by atoms with Crippen LogP contribution in [-0.4, -0.2) is 29.2 Å². The molecule has 0 aliphatic heterocycles. The number of hydrogen-bond donors (Lipinski definition) is 3. The summed E-state index contributed by atoms with van der Waals surface area (Å²) >= 11 is 0. The largest absolute Gasteiger partial charge is 0.493 e. The molecule has 1 heterocycles. The third kappa shape index (κ3) is 5.78. The van der Waals surface area contributed by atoms with Crippen molar-refractivity contribution in [3.05, 3.63) is 76.9 Å². The zero-order valence-electron chi connectivity index (χ0n) is 20.9. The summed E-state index contributed by atoms with van der Waals surface area (Å²) < 4.78 is 10.8. The van der Waals surface area contributed by atoms with E-state index in [-0.39, 0.29) is 0 Å². The highest BCUT2D eigenvalue weighted by molar-refractivity contribution is 5.64. The maximum atomic E-state index is 5.42. The van der Waals surface area contributed by atoms with Crippen molar-refractivity contribution in [3.8, 4) is 11.5 Å². The molecule has 0 unspecified atom stereocenters. The highest BCUT2D eigenvalue weighted by Crippen LogP contribution is 2.31. The molecule has 180 valence electrons. The Bertz CT molecular complexity index is 1280. The van der Waals surface area contributed by atoms with Crippen molar-refractivity contribution in [1.29, 1.82) is 0 Å². The maximum Gasteiger partial charge on any atom is 0.233 e. The van der Waals surface area contributed by atoms with E-state index >= 15 is 0 Å². The second-order valence-corrected chi connectivity index (χ2v) is 8.35. The summed E-state index contributed by atoms with van der Waals surface area (Å²) in [4.78, 5) is 13.8. The van der Waals surface area contributed by atoms with Gasteiger partial charge in [-0.2, -0.15) is 15.0 Å². The number of hydrogen-bond acceptors (Lipinski definition) is 8. The van der Waals surface area contributed by atoms with Crippen LogP contribution in [0.1, 0.15) is 22.3 Å². The Labute approximate surface area is 205 Å². The van der Waals surface area contributed by atoms with Crippen LogP contribution in [0.15, 0.2) is 54.6 Å². The minimum absolute atomic E-state index is 0.380. The minimum atomic E-state index is 0.380. The number of nitrogens with one attached hydrogen (secondary N) is 3. The summed E-state index contributed by atoms with van der Waals surface area (Å²) in [6, 6.07) is 17.8. The second kappa shape index (κ2) is 10.3. The normalized spacial score (nSPS) is 10.6. The van der Waals surface area contributed by atoms with Crippen molar-refractivity contribution in [3.63, 3.8) is 0 Å². The van der Waals surface area contributed by atoms with E-state index in [9.17, 15) is 0 Å². The van der Waals surface area contributed by atoms with Gasteiger partial charge in [0, 0.05) is 23.1 Å². The molecule has 8 nitrogen and oxygen atoms in total. The fourth-order valence-corrected chi connectivity index (χ4v) is 3.48. The van der Waals surface area contributed by atoms with E-state index < -0.39 is 0 Å². The van der Waals surface area contributed by atoms with Gasteiger partial charge >= 0.3 is 0 Å². The topological polar surface area (TPSA) is 93.2 Å². The lowest BCUT2D eigenvalue weighted by Gasteiger charge is -2.14.